The molecule has 0 saturated carbocycles. The molecule has 7 nitrogen and oxygen atoms in total. The summed E-state index contributed by atoms with van der Waals surface area (Å²) < 4.78 is 10.4. The maximum Gasteiger partial charge on any atom is 0.515 e. The number of carbonyl (C=O) groups is 2. The van der Waals surface area contributed by atoms with E-state index in [2.05, 4.69) is 15.3 Å². The van der Waals surface area contributed by atoms with E-state index < -0.39 is 6.16 Å². The number of amides is 1. The van der Waals surface area contributed by atoms with Gasteiger partial charge in [0.2, 0.25) is 11.8 Å². The number of nitrogens with zero attached hydrogens (tertiary/aromatic N) is 1. The van der Waals surface area contributed by atoms with E-state index in [1.54, 1.807) is 20.0 Å². The molecule has 1 amide bonds. The zero-order valence-corrected chi connectivity index (χ0v) is 15.2. The first kappa shape index (κ1) is 17.7. The second-order valence-electron chi connectivity index (χ2n) is 6.27. The Morgan fingerprint density at radius 2 is 2.04 bits per heavy atom. The van der Waals surface area contributed by atoms with E-state index in [0.29, 0.717) is 12.1 Å². The van der Waals surface area contributed by atoms with Gasteiger partial charge in [0.15, 0.2) is 0 Å². The highest BCUT2D eigenvalue weighted by molar-refractivity contribution is 6.10. The molecule has 2 aromatic heterocycles. The number of anilines is 1. The summed E-state index contributed by atoms with van der Waals surface area (Å²) in [4.78, 5) is 30.8. The highest BCUT2D eigenvalue weighted by Gasteiger charge is 2.18. The predicted molar refractivity (Wildman–Crippen MR) is 99.5 cm³/mol. The number of pyridine rings is 1. The number of fused-ring (bicyclic) bond motifs is 3. The van der Waals surface area contributed by atoms with Crippen molar-refractivity contribution in [3.05, 3.63) is 30.0 Å². The number of benzene rings is 1. The van der Waals surface area contributed by atoms with Gasteiger partial charge in [0.1, 0.15) is 0 Å². The normalized spacial score (nSPS) is 11.1. The zero-order valence-electron chi connectivity index (χ0n) is 15.2. The first-order valence-corrected chi connectivity index (χ1v) is 8.48. The second kappa shape index (κ2) is 7.03. The van der Waals surface area contributed by atoms with Crippen LogP contribution >= 0.6 is 0 Å². The molecule has 0 atom stereocenters. The van der Waals surface area contributed by atoms with Crippen LogP contribution in [0.2, 0.25) is 0 Å². The molecule has 0 aliphatic carbocycles. The quantitative estimate of drug-likeness (QED) is 0.685. The lowest BCUT2D eigenvalue weighted by Gasteiger charge is -2.11. The smallest absolute Gasteiger partial charge is 0.431 e. The van der Waals surface area contributed by atoms with Crippen molar-refractivity contribution in [2.24, 2.45) is 0 Å². The highest BCUT2D eigenvalue weighted by atomic mass is 16.7. The number of hydrogen-bond acceptors (Lipinski definition) is 5. The number of nitrogens with one attached hydrogen (secondary N) is 2. The summed E-state index contributed by atoms with van der Waals surface area (Å²) in [5.41, 5.74) is 3.25. The molecular weight excluding hydrogens is 334 g/mol. The lowest BCUT2D eigenvalue weighted by molar-refractivity contribution is -0.114. The van der Waals surface area contributed by atoms with Crippen LogP contribution in [0.15, 0.2) is 24.4 Å². The third-order valence-corrected chi connectivity index (χ3v) is 3.88. The topological polar surface area (TPSA) is 93.3 Å². The number of aromatic amines is 1. The van der Waals surface area contributed by atoms with E-state index in [1.165, 1.54) is 6.92 Å². The molecule has 0 unspecified atom stereocenters. The summed E-state index contributed by atoms with van der Waals surface area (Å²) in [6, 6.07) is 5.62. The van der Waals surface area contributed by atoms with Crippen molar-refractivity contribution in [2.45, 2.75) is 40.2 Å². The number of aryl methyl sites for hydroxylation is 1. The average molecular weight is 355 g/mol. The van der Waals surface area contributed by atoms with E-state index in [9.17, 15) is 9.59 Å². The standard InChI is InChI=1S/C19H21N3O4/c1-5-13-17-14-8-12(21-11(4)23)6-7-15(14)22-16(17)9-20-18(13)26-19(24)25-10(2)3/h6-10,22H,5H2,1-4H3,(H,21,23). The molecule has 26 heavy (non-hydrogen) atoms. The lowest BCUT2D eigenvalue weighted by atomic mass is 10.1. The lowest BCUT2D eigenvalue weighted by Crippen LogP contribution is -2.17. The maximum absolute atomic E-state index is 11.9. The highest BCUT2D eigenvalue weighted by Crippen LogP contribution is 2.34. The molecule has 3 aromatic rings. The van der Waals surface area contributed by atoms with Gasteiger partial charge in [-0.2, -0.15) is 0 Å². The van der Waals surface area contributed by atoms with Gasteiger partial charge in [0, 0.05) is 34.5 Å². The minimum atomic E-state index is -0.777. The third-order valence-electron chi connectivity index (χ3n) is 3.88. The first-order chi connectivity index (χ1) is 12.4. The molecular formula is C19H21N3O4. The number of aromatic nitrogens is 2. The largest absolute Gasteiger partial charge is 0.515 e. The van der Waals surface area contributed by atoms with E-state index in [-0.39, 0.29) is 17.9 Å². The minimum absolute atomic E-state index is 0.137. The summed E-state index contributed by atoms with van der Waals surface area (Å²) in [5.74, 6) is 0.0958. The summed E-state index contributed by atoms with van der Waals surface area (Å²) in [7, 11) is 0. The van der Waals surface area contributed by atoms with Crippen LogP contribution in [0.5, 0.6) is 5.88 Å². The predicted octanol–water partition coefficient (Wildman–Crippen LogP) is 4.16. The molecule has 0 saturated heterocycles. The van der Waals surface area contributed by atoms with Gasteiger partial charge in [0.05, 0.1) is 17.8 Å². The van der Waals surface area contributed by atoms with Crippen molar-refractivity contribution in [1.82, 2.24) is 9.97 Å². The van der Waals surface area contributed by atoms with Gasteiger partial charge < -0.3 is 19.8 Å². The third kappa shape index (κ3) is 3.46. The van der Waals surface area contributed by atoms with Gasteiger partial charge >= 0.3 is 6.16 Å². The SMILES string of the molecule is CCc1c(OC(=O)OC(C)C)ncc2[nH]c3ccc(NC(C)=O)cc3c12. The number of H-pyrrole nitrogens is 1. The van der Waals surface area contributed by atoms with Crippen LogP contribution in [-0.2, 0) is 16.0 Å². The zero-order chi connectivity index (χ0) is 18.8. The Bertz CT molecular complexity index is 991. The van der Waals surface area contributed by atoms with Crippen LogP contribution in [-0.4, -0.2) is 28.1 Å². The monoisotopic (exact) mass is 355 g/mol. The molecule has 0 aliphatic heterocycles. The molecule has 136 valence electrons. The van der Waals surface area contributed by atoms with Crippen molar-refractivity contribution in [3.8, 4) is 5.88 Å². The fourth-order valence-electron chi connectivity index (χ4n) is 2.94. The van der Waals surface area contributed by atoms with Gasteiger partial charge in [-0.15, -0.1) is 0 Å². The Morgan fingerprint density at radius 3 is 2.69 bits per heavy atom. The molecule has 2 N–H and O–H groups in total. The van der Waals surface area contributed by atoms with Crippen LogP contribution in [0.25, 0.3) is 21.8 Å². The van der Waals surface area contributed by atoms with E-state index >= 15 is 0 Å². The van der Waals surface area contributed by atoms with E-state index in [1.807, 2.05) is 25.1 Å². The fourth-order valence-corrected chi connectivity index (χ4v) is 2.94. The van der Waals surface area contributed by atoms with E-state index in [0.717, 1.165) is 27.4 Å². The summed E-state index contributed by atoms with van der Waals surface area (Å²) in [5, 5.41) is 4.62. The number of ether oxygens (including phenoxy) is 2. The summed E-state index contributed by atoms with van der Waals surface area (Å²) in [6.07, 6.45) is 1.20. The Labute approximate surface area is 150 Å². The van der Waals surface area contributed by atoms with Gasteiger partial charge in [-0.25, -0.2) is 9.78 Å². The van der Waals surface area contributed by atoms with Crippen LogP contribution in [0, 0.1) is 0 Å². The van der Waals surface area contributed by atoms with Crippen LogP contribution in [0.4, 0.5) is 10.5 Å². The molecule has 7 heteroatoms. The first-order valence-electron chi connectivity index (χ1n) is 8.48. The average Bonchev–Trinajstić information content (AvgIpc) is 2.91. The Hall–Kier alpha value is -3.09. The molecule has 0 bridgehead atoms. The Kier molecular flexibility index (Phi) is 4.79. The van der Waals surface area contributed by atoms with Gasteiger partial charge in [-0.05, 0) is 38.5 Å². The fraction of sp³-hybridized carbons (Fsp3) is 0.316. The molecule has 0 spiro atoms. The Balaban J connectivity index is 2.12. The van der Waals surface area contributed by atoms with Crippen molar-refractivity contribution >= 4 is 39.6 Å². The van der Waals surface area contributed by atoms with Crippen molar-refractivity contribution in [1.29, 1.82) is 0 Å². The molecule has 0 aliphatic rings. The van der Waals surface area contributed by atoms with Gasteiger partial charge in [-0.3, -0.25) is 4.79 Å². The minimum Gasteiger partial charge on any atom is -0.431 e. The van der Waals surface area contributed by atoms with Crippen LogP contribution < -0.4 is 10.1 Å². The van der Waals surface area contributed by atoms with E-state index in [4.69, 9.17) is 9.47 Å². The maximum atomic E-state index is 11.9. The summed E-state index contributed by atoms with van der Waals surface area (Å²) in [6.45, 7) is 6.93. The number of rotatable bonds is 4. The molecule has 0 radical (unpaired) electrons. The van der Waals surface area contributed by atoms with Crippen molar-refractivity contribution < 1.29 is 19.1 Å². The van der Waals surface area contributed by atoms with Crippen molar-refractivity contribution in [3.63, 3.8) is 0 Å². The summed E-state index contributed by atoms with van der Waals surface area (Å²) >= 11 is 0. The van der Waals surface area contributed by atoms with Gasteiger partial charge in [-0.1, -0.05) is 6.92 Å². The number of carbonyl (C=O) groups excluding carboxylic acids is 2. The van der Waals surface area contributed by atoms with Crippen LogP contribution in [0.1, 0.15) is 33.3 Å². The second-order valence-corrected chi connectivity index (χ2v) is 6.27. The molecule has 2 heterocycles. The van der Waals surface area contributed by atoms with Crippen LogP contribution in [0.3, 0.4) is 0 Å². The van der Waals surface area contributed by atoms with Crippen molar-refractivity contribution in [2.75, 3.05) is 5.32 Å². The number of hydrogen-bond donors (Lipinski definition) is 2. The van der Waals surface area contributed by atoms with Gasteiger partial charge in [0.25, 0.3) is 0 Å². The Morgan fingerprint density at radius 1 is 1.27 bits per heavy atom. The molecule has 3 rings (SSSR count). The molecule has 0 fully saturated rings. The molecule has 1 aromatic carbocycles.